The van der Waals surface area contributed by atoms with E-state index in [9.17, 15) is 4.79 Å². The summed E-state index contributed by atoms with van der Waals surface area (Å²) in [5.41, 5.74) is 5.82. The molecule has 0 saturated heterocycles. The number of nitrogen functional groups attached to an aromatic ring is 1. The van der Waals surface area contributed by atoms with Gasteiger partial charge in [0, 0.05) is 14.1 Å². The summed E-state index contributed by atoms with van der Waals surface area (Å²) in [6, 6.07) is 4.97. The van der Waals surface area contributed by atoms with Gasteiger partial charge in [-0.2, -0.15) is 0 Å². The highest BCUT2D eigenvalue weighted by Gasteiger charge is 2.05. The van der Waals surface area contributed by atoms with Crippen LogP contribution in [0.25, 0.3) is 0 Å². The van der Waals surface area contributed by atoms with E-state index in [1.165, 1.54) is 0 Å². The summed E-state index contributed by atoms with van der Waals surface area (Å²) < 4.78 is 0. The Balaban J connectivity index is 2.62. The number of nitrogens with zero attached hydrogens (tertiary/aromatic N) is 3. The Morgan fingerprint density at radius 1 is 1.60 bits per heavy atom. The lowest BCUT2D eigenvalue weighted by atomic mass is 10.2. The predicted molar refractivity (Wildman–Crippen MR) is 60.0 cm³/mol. The van der Waals surface area contributed by atoms with Gasteiger partial charge >= 0.3 is 0 Å². The Kier molecular flexibility index (Phi) is 3.79. The van der Waals surface area contributed by atoms with E-state index in [4.69, 9.17) is 5.73 Å². The molecule has 0 aliphatic carbocycles. The average molecular weight is 206 g/mol. The smallest absolute Gasteiger partial charge is 0.202 e. The van der Waals surface area contributed by atoms with Gasteiger partial charge in [-0.3, -0.25) is 9.79 Å². The minimum atomic E-state index is -0.139. The fourth-order valence-corrected chi connectivity index (χ4v) is 0.975. The van der Waals surface area contributed by atoms with Crippen LogP contribution in [0.5, 0.6) is 0 Å². The van der Waals surface area contributed by atoms with Gasteiger partial charge < -0.3 is 10.6 Å². The van der Waals surface area contributed by atoms with E-state index in [-0.39, 0.29) is 12.3 Å². The van der Waals surface area contributed by atoms with E-state index in [0.717, 1.165) is 0 Å². The standard InChI is InChI=1S/C10H14N4O/c1-14(2)7-12-6-9(15)8-4-3-5-10(11)13-8/h3-5,7H,6H2,1-2H3,(H2,11,13). The molecule has 5 heteroatoms. The van der Waals surface area contributed by atoms with Crippen LogP contribution in [0.1, 0.15) is 10.5 Å². The van der Waals surface area contributed by atoms with Crippen LogP contribution in [0, 0.1) is 0 Å². The molecule has 0 amide bonds. The largest absolute Gasteiger partial charge is 0.384 e. The fourth-order valence-electron chi connectivity index (χ4n) is 0.975. The molecule has 5 nitrogen and oxygen atoms in total. The molecule has 0 fully saturated rings. The monoisotopic (exact) mass is 206 g/mol. The van der Waals surface area contributed by atoms with Gasteiger partial charge in [-0.1, -0.05) is 6.07 Å². The number of aromatic nitrogens is 1. The first kappa shape index (κ1) is 11.2. The molecule has 0 aliphatic rings. The highest BCUT2D eigenvalue weighted by atomic mass is 16.1. The van der Waals surface area contributed by atoms with Crippen molar-refractivity contribution < 1.29 is 4.79 Å². The molecule has 1 rings (SSSR count). The number of hydrogen-bond donors (Lipinski definition) is 1. The van der Waals surface area contributed by atoms with Crippen molar-refractivity contribution in [3.8, 4) is 0 Å². The van der Waals surface area contributed by atoms with Gasteiger partial charge in [0.15, 0.2) is 0 Å². The van der Waals surface area contributed by atoms with Crippen LogP contribution in [0.2, 0.25) is 0 Å². The summed E-state index contributed by atoms with van der Waals surface area (Å²) in [4.78, 5) is 21.2. The van der Waals surface area contributed by atoms with Gasteiger partial charge in [0.25, 0.3) is 0 Å². The van der Waals surface area contributed by atoms with Gasteiger partial charge in [-0.25, -0.2) is 4.98 Å². The first-order valence-electron chi connectivity index (χ1n) is 4.51. The molecule has 0 saturated carbocycles. The molecule has 0 spiro atoms. The quantitative estimate of drug-likeness (QED) is 0.440. The number of anilines is 1. The molecule has 1 heterocycles. The second-order valence-corrected chi connectivity index (χ2v) is 3.29. The molecule has 2 N–H and O–H groups in total. The highest BCUT2D eigenvalue weighted by molar-refractivity contribution is 5.96. The Hall–Kier alpha value is -1.91. The Morgan fingerprint density at radius 2 is 2.33 bits per heavy atom. The summed E-state index contributed by atoms with van der Waals surface area (Å²) in [5, 5.41) is 0. The van der Waals surface area contributed by atoms with Crippen molar-refractivity contribution in [2.24, 2.45) is 4.99 Å². The van der Waals surface area contributed by atoms with Crippen LogP contribution in [0.4, 0.5) is 5.82 Å². The number of Topliss-reactive ketones (excluding diaryl/α,β-unsaturated/α-hetero) is 1. The van der Waals surface area contributed by atoms with E-state index >= 15 is 0 Å². The summed E-state index contributed by atoms with van der Waals surface area (Å²) in [7, 11) is 3.68. The van der Waals surface area contributed by atoms with Gasteiger partial charge in [0.1, 0.15) is 18.1 Å². The first-order chi connectivity index (χ1) is 7.09. The van der Waals surface area contributed by atoms with E-state index in [1.54, 1.807) is 29.4 Å². The number of ketones is 1. The van der Waals surface area contributed by atoms with Crippen molar-refractivity contribution in [1.82, 2.24) is 9.88 Å². The van der Waals surface area contributed by atoms with Crippen molar-refractivity contribution in [2.75, 3.05) is 26.4 Å². The van der Waals surface area contributed by atoms with Gasteiger partial charge in [-0.15, -0.1) is 0 Å². The molecule has 0 aliphatic heterocycles. The number of carbonyl (C=O) groups excluding carboxylic acids is 1. The summed E-state index contributed by atoms with van der Waals surface area (Å²) in [6.07, 6.45) is 1.59. The number of aliphatic imine (C=N–C) groups is 1. The van der Waals surface area contributed by atoms with E-state index in [1.807, 2.05) is 14.1 Å². The van der Waals surface area contributed by atoms with Crippen molar-refractivity contribution in [3.63, 3.8) is 0 Å². The maximum absolute atomic E-state index is 11.5. The molecule has 15 heavy (non-hydrogen) atoms. The lowest BCUT2D eigenvalue weighted by Gasteiger charge is -2.02. The third-order valence-electron chi connectivity index (χ3n) is 1.60. The fraction of sp³-hybridized carbons (Fsp3) is 0.300. The first-order valence-corrected chi connectivity index (χ1v) is 4.51. The van der Waals surface area contributed by atoms with Crippen LogP contribution in [-0.4, -0.2) is 42.6 Å². The third-order valence-corrected chi connectivity index (χ3v) is 1.60. The Bertz CT molecular complexity index is 373. The zero-order valence-corrected chi connectivity index (χ0v) is 8.84. The molecule has 1 aromatic heterocycles. The van der Waals surface area contributed by atoms with Crippen molar-refractivity contribution in [1.29, 1.82) is 0 Å². The molecule has 0 atom stereocenters. The molecule has 0 bridgehead atoms. The minimum absolute atomic E-state index is 0.0919. The summed E-state index contributed by atoms with van der Waals surface area (Å²) in [6.45, 7) is 0.0919. The van der Waals surface area contributed by atoms with Crippen LogP contribution < -0.4 is 5.73 Å². The van der Waals surface area contributed by atoms with Crippen LogP contribution in [-0.2, 0) is 0 Å². The van der Waals surface area contributed by atoms with Crippen LogP contribution in [0.3, 0.4) is 0 Å². The molecular formula is C10H14N4O. The van der Waals surface area contributed by atoms with Gasteiger partial charge in [-0.05, 0) is 12.1 Å². The highest BCUT2D eigenvalue weighted by Crippen LogP contribution is 2.01. The molecule has 0 aromatic carbocycles. The zero-order chi connectivity index (χ0) is 11.3. The normalized spacial score (nSPS) is 10.5. The van der Waals surface area contributed by atoms with E-state index in [0.29, 0.717) is 11.5 Å². The van der Waals surface area contributed by atoms with E-state index < -0.39 is 0 Å². The van der Waals surface area contributed by atoms with Gasteiger partial charge in [0.05, 0.1) is 6.34 Å². The molecular weight excluding hydrogens is 192 g/mol. The maximum Gasteiger partial charge on any atom is 0.202 e. The molecule has 0 unspecified atom stereocenters. The third kappa shape index (κ3) is 3.76. The second kappa shape index (κ2) is 5.09. The van der Waals surface area contributed by atoms with Crippen LogP contribution in [0.15, 0.2) is 23.2 Å². The van der Waals surface area contributed by atoms with Crippen molar-refractivity contribution >= 4 is 17.9 Å². The van der Waals surface area contributed by atoms with Crippen molar-refractivity contribution in [3.05, 3.63) is 23.9 Å². The van der Waals surface area contributed by atoms with E-state index in [2.05, 4.69) is 9.98 Å². The zero-order valence-electron chi connectivity index (χ0n) is 8.84. The van der Waals surface area contributed by atoms with Crippen molar-refractivity contribution in [2.45, 2.75) is 0 Å². The summed E-state index contributed by atoms with van der Waals surface area (Å²) >= 11 is 0. The number of rotatable bonds is 4. The maximum atomic E-state index is 11.5. The molecule has 0 radical (unpaired) electrons. The van der Waals surface area contributed by atoms with Gasteiger partial charge in [0.2, 0.25) is 5.78 Å². The number of carbonyl (C=O) groups is 1. The number of nitrogens with two attached hydrogens (primary N) is 1. The lowest BCUT2D eigenvalue weighted by Crippen LogP contribution is -2.11. The number of pyridine rings is 1. The predicted octanol–water partition coefficient (Wildman–Crippen LogP) is 0.436. The molecule has 80 valence electrons. The SMILES string of the molecule is CN(C)C=NCC(=O)c1cccc(N)n1. The second-order valence-electron chi connectivity index (χ2n) is 3.29. The average Bonchev–Trinajstić information content (AvgIpc) is 2.17. The minimum Gasteiger partial charge on any atom is -0.384 e. The lowest BCUT2D eigenvalue weighted by molar-refractivity contribution is 0.0997. The summed E-state index contributed by atoms with van der Waals surface area (Å²) in [5.74, 6) is 0.206. The topological polar surface area (TPSA) is 71.6 Å². The Labute approximate surface area is 88.6 Å². The van der Waals surface area contributed by atoms with Crippen LogP contribution >= 0.6 is 0 Å². The number of hydrogen-bond acceptors (Lipinski definition) is 4. The molecule has 1 aromatic rings. The Morgan fingerprint density at radius 3 is 2.93 bits per heavy atom.